The number of aromatic nitrogens is 2. The zero-order valence-corrected chi connectivity index (χ0v) is 16.9. The van der Waals surface area contributed by atoms with E-state index in [1.165, 1.54) is 11.6 Å². The summed E-state index contributed by atoms with van der Waals surface area (Å²) in [5, 5.41) is 10.4. The predicted molar refractivity (Wildman–Crippen MR) is 116 cm³/mol. The fourth-order valence-electron chi connectivity index (χ4n) is 2.62. The van der Waals surface area contributed by atoms with Crippen LogP contribution in [-0.2, 0) is 11.3 Å². The highest BCUT2D eigenvalue weighted by Crippen LogP contribution is 2.28. The smallest absolute Gasteiger partial charge is 0.243 e. The standard InChI is InChI=1S/C21H31N5O.H2/c1-7-10-18(17-13-25-26(15-17)12-11-22-5)21(16(4)8-2)19(23-6)14-24-20(27)9-3;/h7,9-10,13,15,22H,1,3,8,11-12,14H2,2,4-6H3,(H,24,27);1H/b18-10-,21-16-,23-19?;. The molecule has 0 saturated heterocycles. The number of aliphatic imine (C=N–C) groups is 1. The number of hydrogen-bond acceptors (Lipinski definition) is 4. The maximum atomic E-state index is 11.6. The van der Waals surface area contributed by atoms with Gasteiger partial charge in [0.2, 0.25) is 5.91 Å². The average Bonchev–Trinajstić information content (AvgIpc) is 3.16. The van der Waals surface area contributed by atoms with Crippen molar-refractivity contribution in [1.82, 2.24) is 20.4 Å². The van der Waals surface area contributed by atoms with E-state index in [4.69, 9.17) is 0 Å². The molecule has 1 aromatic heterocycles. The molecule has 0 aliphatic heterocycles. The number of allylic oxidation sites excluding steroid dienone is 4. The number of rotatable bonds is 11. The predicted octanol–water partition coefficient (Wildman–Crippen LogP) is 3.02. The van der Waals surface area contributed by atoms with Gasteiger partial charge in [-0.05, 0) is 32.0 Å². The molecule has 6 heteroatoms. The quantitative estimate of drug-likeness (QED) is 0.357. The number of likely N-dealkylation sites (N-methyl/N-ethyl adjacent to an activating group) is 1. The summed E-state index contributed by atoms with van der Waals surface area (Å²) >= 11 is 0. The Hall–Kier alpha value is -2.73. The van der Waals surface area contributed by atoms with E-state index in [0.29, 0.717) is 6.54 Å². The summed E-state index contributed by atoms with van der Waals surface area (Å²) in [6.07, 6.45) is 9.73. The van der Waals surface area contributed by atoms with Crippen molar-refractivity contribution < 1.29 is 6.22 Å². The number of nitrogens with one attached hydrogen (secondary N) is 2. The minimum atomic E-state index is -0.223. The van der Waals surface area contributed by atoms with Gasteiger partial charge in [-0.2, -0.15) is 5.10 Å². The first-order valence-corrected chi connectivity index (χ1v) is 9.08. The lowest BCUT2D eigenvalue weighted by Gasteiger charge is -2.17. The first-order chi connectivity index (χ1) is 13.0. The van der Waals surface area contributed by atoms with Crippen LogP contribution in [-0.4, -0.2) is 48.6 Å². The van der Waals surface area contributed by atoms with E-state index in [-0.39, 0.29) is 7.33 Å². The first-order valence-electron chi connectivity index (χ1n) is 9.08. The van der Waals surface area contributed by atoms with Crippen LogP contribution in [0.5, 0.6) is 0 Å². The Bertz CT molecular complexity index is 759. The Morgan fingerprint density at radius 3 is 2.74 bits per heavy atom. The van der Waals surface area contributed by atoms with Crippen LogP contribution in [0.2, 0.25) is 0 Å². The summed E-state index contributed by atoms with van der Waals surface area (Å²) in [7, 11) is 3.65. The van der Waals surface area contributed by atoms with E-state index in [0.717, 1.165) is 41.9 Å². The van der Waals surface area contributed by atoms with Gasteiger partial charge in [-0.3, -0.25) is 14.5 Å². The minimum absolute atomic E-state index is 0. The molecule has 1 aromatic rings. The van der Waals surface area contributed by atoms with Crippen LogP contribution in [0, 0.1) is 0 Å². The minimum Gasteiger partial charge on any atom is -0.347 e. The Kier molecular flexibility index (Phi) is 9.75. The fraction of sp³-hybridized carbons (Fsp3) is 0.381. The number of nitrogens with zero attached hydrogens (tertiary/aromatic N) is 3. The Morgan fingerprint density at radius 2 is 2.19 bits per heavy atom. The second-order valence-electron chi connectivity index (χ2n) is 6.01. The molecule has 0 atom stereocenters. The Morgan fingerprint density at radius 1 is 1.44 bits per heavy atom. The highest BCUT2D eigenvalue weighted by Gasteiger charge is 2.18. The van der Waals surface area contributed by atoms with Crippen LogP contribution < -0.4 is 10.6 Å². The number of amides is 1. The number of carbonyl (C=O) groups excluding carboxylic acids is 1. The Labute approximate surface area is 163 Å². The van der Waals surface area contributed by atoms with Crippen molar-refractivity contribution >= 4 is 17.2 Å². The van der Waals surface area contributed by atoms with Crippen LogP contribution in [0.25, 0.3) is 5.57 Å². The van der Waals surface area contributed by atoms with Gasteiger partial charge in [0.05, 0.1) is 25.0 Å². The van der Waals surface area contributed by atoms with Crippen LogP contribution >= 0.6 is 0 Å². The first kappa shape index (κ1) is 22.3. The van der Waals surface area contributed by atoms with Crippen LogP contribution in [0.15, 0.2) is 59.9 Å². The van der Waals surface area contributed by atoms with Crippen molar-refractivity contribution in [2.45, 2.75) is 26.8 Å². The van der Waals surface area contributed by atoms with Crippen molar-refractivity contribution in [2.24, 2.45) is 4.99 Å². The molecule has 0 aromatic carbocycles. The van der Waals surface area contributed by atoms with E-state index < -0.39 is 0 Å². The van der Waals surface area contributed by atoms with Crippen LogP contribution in [0.1, 0.15) is 27.3 Å². The third kappa shape index (κ3) is 6.49. The third-order valence-corrected chi connectivity index (χ3v) is 4.22. The second kappa shape index (κ2) is 11.8. The molecule has 0 saturated carbocycles. The summed E-state index contributed by atoms with van der Waals surface area (Å²) in [4.78, 5) is 16.1. The molecule has 27 heavy (non-hydrogen) atoms. The molecule has 0 fully saturated rings. The van der Waals surface area contributed by atoms with Gasteiger partial charge >= 0.3 is 0 Å². The zero-order chi connectivity index (χ0) is 20.2. The molecule has 0 unspecified atom stereocenters. The van der Waals surface area contributed by atoms with Crippen molar-refractivity contribution in [3.05, 3.63) is 60.5 Å². The van der Waals surface area contributed by atoms with Gasteiger partial charge in [0, 0.05) is 32.4 Å². The highest BCUT2D eigenvalue weighted by atomic mass is 16.1. The van der Waals surface area contributed by atoms with Gasteiger partial charge in [-0.25, -0.2) is 0 Å². The molecule has 0 aliphatic rings. The maximum Gasteiger partial charge on any atom is 0.243 e. The van der Waals surface area contributed by atoms with Gasteiger partial charge in [-0.1, -0.05) is 37.8 Å². The number of carbonyl (C=O) groups is 1. The van der Waals surface area contributed by atoms with Crippen LogP contribution in [0.4, 0.5) is 0 Å². The maximum absolute atomic E-state index is 11.6. The monoisotopic (exact) mass is 371 g/mol. The lowest BCUT2D eigenvalue weighted by Crippen LogP contribution is -2.29. The van der Waals surface area contributed by atoms with E-state index in [1.54, 1.807) is 13.1 Å². The molecule has 148 valence electrons. The molecule has 0 radical (unpaired) electrons. The van der Waals surface area contributed by atoms with E-state index in [2.05, 4.69) is 47.7 Å². The van der Waals surface area contributed by atoms with Crippen molar-refractivity contribution in [3.63, 3.8) is 0 Å². The number of hydrogen-bond donors (Lipinski definition) is 2. The Balaban J connectivity index is 0.00000729. The fourth-order valence-corrected chi connectivity index (χ4v) is 2.62. The summed E-state index contributed by atoms with van der Waals surface area (Å²) in [5.41, 5.74) is 4.98. The summed E-state index contributed by atoms with van der Waals surface area (Å²) in [6, 6.07) is 0. The van der Waals surface area contributed by atoms with Gasteiger partial charge in [0.15, 0.2) is 0 Å². The second-order valence-corrected chi connectivity index (χ2v) is 6.01. The molecule has 0 aliphatic carbocycles. The average molecular weight is 372 g/mol. The molecule has 6 nitrogen and oxygen atoms in total. The van der Waals surface area contributed by atoms with Crippen molar-refractivity contribution in [2.75, 3.05) is 27.2 Å². The molecule has 1 rings (SSSR count). The van der Waals surface area contributed by atoms with Gasteiger partial charge in [-0.15, -0.1) is 0 Å². The third-order valence-electron chi connectivity index (χ3n) is 4.22. The molecule has 2 N–H and O–H groups in total. The topological polar surface area (TPSA) is 71.3 Å². The molecule has 0 bridgehead atoms. The highest BCUT2D eigenvalue weighted by molar-refractivity contribution is 6.15. The molecule has 0 spiro atoms. The van der Waals surface area contributed by atoms with E-state index >= 15 is 0 Å². The van der Waals surface area contributed by atoms with Crippen molar-refractivity contribution in [3.8, 4) is 0 Å². The lowest BCUT2D eigenvalue weighted by molar-refractivity contribution is -0.116. The summed E-state index contributed by atoms with van der Waals surface area (Å²) in [6.45, 7) is 13.5. The van der Waals surface area contributed by atoms with E-state index in [1.807, 2.05) is 30.2 Å². The molecular formula is C21H33N5O. The van der Waals surface area contributed by atoms with Gasteiger partial charge in [0.1, 0.15) is 0 Å². The lowest BCUT2D eigenvalue weighted by atomic mass is 9.90. The molecular weight excluding hydrogens is 338 g/mol. The van der Waals surface area contributed by atoms with Gasteiger partial charge < -0.3 is 10.6 Å². The van der Waals surface area contributed by atoms with Gasteiger partial charge in [0.25, 0.3) is 0 Å². The summed E-state index contributed by atoms with van der Waals surface area (Å²) in [5.74, 6) is -0.223. The normalized spacial score (nSPS) is 13.2. The summed E-state index contributed by atoms with van der Waals surface area (Å²) < 4.78 is 1.91. The van der Waals surface area contributed by atoms with E-state index in [9.17, 15) is 4.79 Å². The molecule has 1 amide bonds. The zero-order valence-electron chi connectivity index (χ0n) is 16.9. The largest absolute Gasteiger partial charge is 0.347 e. The van der Waals surface area contributed by atoms with Crippen LogP contribution in [0.3, 0.4) is 0 Å². The molecule has 1 heterocycles. The van der Waals surface area contributed by atoms with Crippen molar-refractivity contribution in [1.29, 1.82) is 0 Å². The SMILES string of the molecule is C=C/C=C(\C(C(CNC(=O)C=C)=NC)=C(/C)CC)c1cnn(CCNC)c1.[HH].